The van der Waals surface area contributed by atoms with Crippen molar-refractivity contribution in [1.82, 2.24) is 20.0 Å². The zero-order chi connectivity index (χ0) is 18.1. The molecule has 0 saturated carbocycles. The fraction of sp³-hybridized carbons (Fsp3) is 0.300. The Balaban J connectivity index is 1.50. The molecule has 1 aromatic carbocycles. The lowest BCUT2D eigenvalue weighted by molar-refractivity contribution is 0.0734. The van der Waals surface area contributed by atoms with Crippen LogP contribution in [0.1, 0.15) is 21.5 Å². The summed E-state index contributed by atoms with van der Waals surface area (Å²) in [5.74, 6) is 0.00871. The molecule has 0 aliphatic carbocycles. The van der Waals surface area contributed by atoms with E-state index in [4.69, 9.17) is 0 Å². The summed E-state index contributed by atoms with van der Waals surface area (Å²) >= 11 is 1.60. The number of nitrogens with one attached hydrogen (secondary N) is 1. The molecular formula is C20H22N4OS. The summed E-state index contributed by atoms with van der Waals surface area (Å²) in [6.07, 6.45) is 2.60. The van der Waals surface area contributed by atoms with Gasteiger partial charge in [0.05, 0.1) is 22.3 Å². The summed E-state index contributed by atoms with van der Waals surface area (Å²) in [5, 5.41) is 9.07. The van der Waals surface area contributed by atoms with Crippen molar-refractivity contribution in [3.05, 3.63) is 64.7 Å². The van der Waals surface area contributed by atoms with Gasteiger partial charge in [0.2, 0.25) is 0 Å². The zero-order valence-electron chi connectivity index (χ0n) is 15.0. The van der Waals surface area contributed by atoms with Gasteiger partial charge in [-0.05, 0) is 36.0 Å². The van der Waals surface area contributed by atoms with Crippen molar-refractivity contribution in [2.45, 2.75) is 19.0 Å². The van der Waals surface area contributed by atoms with Crippen LogP contribution in [-0.4, -0.2) is 52.6 Å². The topological polar surface area (TPSA) is 52.2 Å². The Bertz CT molecular complexity index is 902. The first kappa shape index (κ1) is 17.0. The van der Waals surface area contributed by atoms with Gasteiger partial charge in [0.1, 0.15) is 0 Å². The van der Waals surface area contributed by atoms with Crippen LogP contribution in [0.5, 0.6) is 0 Å². The maximum atomic E-state index is 13.0. The number of H-pyrrole nitrogens is 1. The molecule has 0 radical (unpaired) electrons. The third-order valence-corrected chi connectivity index (χ3v) is 5.97. The largest absolute Gasteiger partial charge is 0.340 e. The number of nitrogens with zero attached hydrogens (tertiary/aromatic N) is 3. The van der Waals surface area contributed by atoms with Gasteiger partial charge in [-0.1, -0.05) is 30.3 Å². The normalized spacial score (nSPS) is 17.1. The average Bonchev–Trinajstić information content (AvgIpc) is 3.32. The van der Waals surface area contributed by atoms with Crippen LogP contribution in [-0.2, 0) is 13.0 Å². The molecule has 1 amide bonds. The number of likely N-dealkylation sites (N-methyl/N-ethyl adjacent to an activating group) is 2. The Hall–Kier alpha value is -2.44. The zero-order valence-corrected chi connectivity index (χ0v) is 15.8. The molecule has 2 aromatic heterocycles. The van der Waals surface area contributed by atoms with E-state index in [-0.39, 0.29) is 5.91 Å². The predicted octanol–water partition coefficient (Wildman–Crippen LogP) is 3.27. The van der Waals surface area contributed by atoms with E-state index < -0.39 is 0 Å². The Morgan fingerprint density at radius 1 is 1.31 bits per heavy atom. The summed E-state index contributed by atoms with van der Waals surface area (Å²) in [5.41, 5.74) is 4.21. The van der Waals surface area contributed by atoms with Crippen LogP contribution >= 0.6 is 11.3 Å². The van der Waals surface area contributed by atoms with Gasteiger partial charge < -0.3 is 4.90 Å². The number of hydrogen-bond donors (Lipinski definition) is 1. The highest BCUT2D eigenvalue weighted by atomic mass is 32.1. The summed E-state index contributed by atoms with van der Waals surface area (Å²) < 4.78 is 0. The highest BCUT2D eigenvalue weighted by Crippen LogP contribution is 2.27. The minimum Gasteiger partial charge on any atom is -0.340 e. The van der Waals surface area contributed by atoms with Gasteiger partial charge in [0.15, 0.2) is 0 Å². The highest BCUT2D eigenvalue weighted by molar-refractivity contribution is 7.13. The van der Waals surface area contributed by atoms with Crippen LogP contribution in [0.15, 0.2) is 48.0 Å². The molecule has 1 aliphatic heterocycles. The first-order valence-electron chi connectivity index (χ1n) is 8.73. The summed E-state index contributed by atoms with van der Waals surface area (Å²) in [7, 11) is 4.01. The Morgan fingerprint density at radius 2 is 2.12 bits per heavy atom. The Labute approximate surface area is 157 Å². The van der Waals surface area contributed by atoms with E-state index in [1.165, 1.54) is 11.1 Å². The molecule has 0 spiro atoms. The van der Waals surface area contributed by atoms with Crippen molar-refractivity contribution in [2.24, 2.45) is 0 Å². The fourth-order valence-electron chi connectivity index (χ4n) is 3.58. The first-order chi connectivity index (χ1) is 12.6. The number of fused-ring (bicyclic) bond motifs is 1. The third-order valence-electron chi connectivity index (χ3n) is 5.09. The van der Waals surface area contributed by atoms with Crippen molar-refractivity contribution in [3.63, 3.8) is 0 Å². The number of carbonyl (C=O) groups is 1. The van der Waals surface area contributed by atoms with Gasteiger partial charge in [-0.25, -0.2) is 0 Å². The van der Waals surface area contributed by atoms with Crippen LogP contribution < -0.4 is 0 Å². The summed E-state index contributed by atoms with van der Waals surface area (Å²) in [6.45, 7) is 1.62. The standard InChI is InChI=1S/C20H22N4OS/c1-23-12-15-7-4-3-6-14(15)10-16(23)13-24(2)20(25)17-11-21-22-19(17)18-8-5-9-26-18/h3-9,11,16H,10,12-13H2,1-2H3,(H,21,22)/t16-/m0/s1. The Kier molecular flexibility index (Phi) is 4.61. The van der Waals surface area contributed by atoms with E-state index in [1.807, 2.05) is 29.5 Å². The highest BCUT2D eigenvalue weighted by Gasteiger charge is 2.27. The predicted molar refractivity (Wildman–Crippen MR) is 104 cm³/mol. The Morgan fingerprint density at radius 3 is 2.88 bits per heavy atom. The van der Waals surface area contributed by atoms with Crippen LogP contribution in [0, 0.1) is 0 Å². The number of carbonyl (C=O) groups excluding carboxylic acids is 1. The molecule has 26 heavy (non-hydrogen) atoms. The minimum atomic E-state index is 0.00871. The van der Waals surface area contributed by atoms with Crippen molar-refractivity contribution >= 4 is 17.2 Å². The number of hydrogen-bond acceptors (Lipinski definition) is 4. The molecule has 5 nitrogen and oxygen atoms in total. The molecule has 0 bridgehead atoms. The maximum Gasteiger partial charge on any atom is 0.257 e. The third kappa shape index (κ3) is 3.18. The molecular weight excluding hydrogens is 344 g/mol. The molecule has 6 heteroatoms. The van der Waals surface area contributed by atoms with Gasteiger partial charge in [0.25, 0.3) is 5.91 Å². The molecule has 4 rings (SSSR count). The van der Waals surface area contributed by atoms with Gasteiger partial charge in [0, 0.05) is 26.2 Å². The SMILES string of the molecule is CN(C[C@@H]1Cc2ccccc2CN1C)C(=O)c1cn[nH]c1-c1cccs1. The molecule has 1 atom stereocenters. The molecule has 1 N–H and O–H groups in total. The molecule has 3 heterocycles. The van der Waals surface area contributed by atoms with E-state index in [9.17, 15) is 4.79 Å². The lowest BCUT2D eigenvalue weighted by Crippen LogP contribution is -2.46. The van der Waals surface area contributed by atoms with Gasteiger partial charge in [-0.3, -0.25) is 14.8 Å². The fourth-order valence-corrected chi connectivity index (χ4v) is 4.32. The van der Waals surface area contributed by atoms with Crippen LogP contribution in [0.4, 0.5) is 0 Å². The van der Waals surface area contributed by atoms with Crippen LogP contribution in [0.3, 0.4) is 0 Å². The number of aromatic amines is 1. The second-order valence-electron chi connectivity index (χ2n) is 6.86. The van der Waals surface area contributed by atoms with Gasteiger partial charge in [-0.2, -0.15) is 5.10 Å². The molecule has 134 valence electrons. The smallest absolute Gasteiger partial charge is 0.257 e. The molecule has 1 aliphatic rings. The lowest BCUT2D eigenvalue weighted by atomic mass is 9.94. The van der Waals surface area contributed by atoms with E-state index in [0.717, 1.165) is 23.5 Å². The van der Waals surface area contributed by atoms with E-state index in [0.29, 0.717) is 18.2 Å². The van der Waals surface area contributed by atoms with Crippen molar-refractivity contribution in [3.8, 4) is 10.6 Å². The van der Waals surface area contributed by atoms with Crippen molar-refractivity contribution < 1.29 is 4.79 Å². The number of amides is 1. The van der Waals surface area contributed by atoms with E-state index in [1.54, 1.807) is 17.5 Å². The van der Waals surface area contributed by atoms with Crippen LogP contribution in [0.25, 0.3) is 10.6 Å². The van der Waals surface area contributed by atoms with E-state index in [2.05, 4.69) is 46.4 Å². The van der Waals surface area contributed by atoms with Gasteiger partial charge >= 0.3 is 0 Å². The summed E-state index contributed by atoms with van der Waals surface area (Å²) in [6, 6.07) is 12.9. The first-order valence-corrected chi connectivity index (χ1v) is 9.61. The monoisotopic (exact) mass is 366 g/mol. The number of aromatic nitrogens is 2. The second kappa shape index (κ2) is 7.05. The maximum absolute atomic E-state index is 13.0. The van der Waals surface area contributed by atoms with Crippen molar-refractivity contribution in [1.29, 1.82) is 0 Å². The number of thiophene rings is 1. The quantitative estimate of drug-likeness (QED) is 0.771. The van der Waals surface area contributed by atoms with E-state index >= 15 is 0 Å². The molecule has 3 aromatic rings. The molecule has 0 unspecified atom stereocenters. The molecule has 0 fully saturated rings. The number of rotatable bonds is 4. The van der Waals surface area contributed by atoms with Crippen molar-refractivity contribution in [2.75, 3.05) is 20.6 Å². The average molecular weight is 366 g/mol. The van der Waals surface area contributed by atoms with Gasteiger partial charge in [-0.15, -0.1) is 11.3 Å². The van der Waals surface area contributed by atoms with Crippen LogP contribution in [0.2, 0.25) is 0 Å². The minimum absolute atomic E-state index is 0.00871. The molecule has 0 saturated heterocycles. The summed E-state index contributed by atoms with van der Waals surface area (Å²) in [4.78, 5) is 18.2. The lowest BCUT2D eigenvalue weighted by Gasteiger charge is -2.36. The second-order valence-corrected chi connectivity index (χ2v) is 7.81. The number of benzene rings is 1.